The van der Waals surface area contributed by atoms with Crippen molar-refractivity contribution in [2.45, 2.75) is 6.42 Å². The number of aldehydes is 1. The molecule has 0 saturated carbocycles. The van der Waals surface area contributed by atoms with Crippen molar-refractivity contribution in [3.8, 4) is 0 Å². The van der Waals surface area contributed by atoms with Crippen LogP contribution in [-0.2, 0) is 4.79 Å². The van der Waals surface area contributed by atoms with Crippen molar-refractivity contribution < 1.29 is 9.18 Å². The number of benzene rings is 1. The molecule has 0 saturated heterocycles. The summed E-state index contributed by atoms with van der Waals surface area (Å²) in [5.74, 6) is -0.261. The van der Waals surface area contributed by atoms with E-state index >= 15 is 0 Å². The Morgan fingerprint density at radius 3 is 2.92 bits per heavy atom. The van der Waals surface area contributed by atoms with Gasteiger partial charge in [-0.05, 0) is 17.7 Å². The Hall–Kier alpha value is -1.44. The molecule has 0 aliphatic carbocycles. The number of rotatable bonds is 3. The van der Waals surface area contributed by atoms with E-state index in [0.717, 1.165) is 11.8 Å². The molecule has 0 heterocycles. The van der Waals surface area contributed by atoms with Crippen LogP contribution in [0.4, 0.5) is 4.39 Å². The molecule has 12 heavy (non-hydrogen) atoms. The Balaban J connectivity index is 2.69. The van der Waals surface area contributed by atoms with Gasteiger partial charge >= 0.3 is 0 Å². The summed E-state index contributed by atoms with van der Waals surface area (Å²) in [5.41, 5.74) is 0.775. The van der Waals surface area contributed by atoms with Crippen molar-refractivity contribution >= 4 is 12.4 Å². The van der Waals surface area contributed by atoms with Crippen LogP contribution < -0.4 is 0 Å². The van der Waals surface area contributed by atoms with E-state index < -0.39 is 0 Å². The van der Waals surface area contributed by atoms with Gasteiger partial charge in [-0.3, -0.25) is 0 Å². The minimum absolute atomic E-state index is 0.261. The highest BCUT2D eigenvalue weighted by molar-refractivity contribution is 5.57. The van der Waals surface area contributed by atoms with Crippen LogP contribution in [0, 0.1) is 5.82 Å². The molecular formula is C10H9FO. The zero-order valence-electron chi connectivity index (χ0n) is 6.53. The van der Waals surface area contributed by atoms with Gasteiger partial charge in [-0.25, -0.2) is 4.39 Å². The summed E-state index contributed by atoms with van der Waals surface area (Å²) in [6, 6.07) is 6.22. The second-order valence-electron chi connectivity index (χ2n) is 2.36. The van der Waals surface area contributed by atoms with Crippen LogP contribution in [0.3, 0.4) is 0 Å². The number of hydrogen-bond acceptors (Lipinski definition) is 1. The number of carbonyl (C=O) groups is 1. The fraction of sp³-hybridized carbons (Fsp3) is 0.100. The van der Waals surface area contributed by atoms with Gasteiger partial charge in [0, 0.05) is 6.42 Å². The van der Waals surface area contributed by atoms with Crippen LogP contribution in [0.15, 0.2) is 30.3 Å². The van der Waals surface area contributed by atoms with Gasteiger partial charge in [0.05, 0.1) is 0 Å². The van der Waals surface area contributed by atoms with Crippen molar-refractivity contribution in [1.29, 1.82) is 0 Å². The molecule has 2 heteroatoms. The SMILES string of the molecule is O=CCC=Cc1cccc(F)c1. The Kier molecular flexibility index (Phi) is 3.20. The zero-order chi connectivity index (χ0) is 8.81. The maximum absolute atomic E-state index is 12.6. The summed E-state index contributed by atoms with van der Waals surface area (Å²) in [4.78, 5) is 9.94. The van der Waals surface area contributed by atoms with E-state index in [4.69, 9.17) is 0 Å². The quantitative estimate of drug-likeness (QED) is 0.627. The predicted octanol–water partition coefficient (Wildman–Crippen LogP) is 2.43. The molecule has 0 radical (unpaired) electrons. The Labute approximate surface area is 70.5 Å². The second kappa shape index (κ2) is 4.44. The van der Waals surface area contributed by atoms with Crippen LogP contribution in [0.2, 0.25) is 0 Å². The predicted molar refractivity (Wildman–Crippen MR) is 46.1 cm³/mol. The van der Waals surface area contributed by atoms with Crippen LogP contribution in [0.25, 0.3) is 6.08 Å². The number of carbonyl (C=O) groups excluding carboxylic acids is 1. The summed E-state index contributed by atoms with van der Waals surface area (Å²) >= 11 is 0. The van der Waals surface area contributed by atoms with E-state index in [1.165, 1.54) is 12.1 Å². The van der Waals surface area contributed by atoms with Crippen molar-refractivity contribution in [3.05, 3.63) is 41.7 Å². The first-order valence-corrected chi connectivity index (χ1v) is 3.68. The van der Waals surface area contributed by atoms with Gasteiger partial charge in [0.15, 0.2) is 0 Å². The minimum atomic E-state index is -0.261. The van der Waals surface area contributed by atoms with Gasteiger partial charge in [0.2, 0.25) is 0 Å². The summed E-state index contributed by atoms with van der Waals surface area (Å²) in [6.45, 7) is 0. The summed E-state index contributed by atoms with van der Waals surface area (Å²) in [5, 5.41) is 0. The third kappa shape index (κ3) is 2.66. The van der Waals surface area contributed by atoms with Crippen LogP contribution in [0.1, 0.15) is 12.0 Å². The maximum atomic E-state index is 12.6. The zero-order valence-corrected chi connectivity index (χ0v) is 6.53. The van der Waals surface area contributed by atoms with E-state index in [9.17, 15) is 9.18 Å². The molecule has 0 aromatic heterocycles. The molecule has 0 N–H and O–H groups in total. The van der Waals surface area contributed by atoms with Crippen molar-refractivity contribution in [1.82, 2.24) is 0 Å². The van der Waals surface area contributed by atoms with Crippen LogP contribution in [0.5, 0.6) is 0 Å². The average Bonchev–Trinajstić information content (AvgIpc) is 2.05. The summed E-state index contributed by atoms with van der Waals surface area (Å²) in [7, 11) is 0. The van der Waals surface area contributed by atoms with Gasteiger partial charge in [0.1, 0.15) is 12.1 Å². The summed E-state index contributed by atoms with van der Waals surface area (Å²) < 4.78 is 12.6. The molecule has 1 aromatic rings. The van der Waals surface area contributed by atoms with E-state index in [0.29, 0.717) is 6.42 Å². The molecule has 0 spiro atoms. The van der Waals surface area contributed by atoms with Gasteiger partial charge in [0.25, 0.3) is 0 Å². The number of halogens is 1. The van der Waals surface area contributed by atoms with Crippen LogP contribution in [-0.4, -0.2) is 6.29 Å². The lowest BCUT2D eigenvalue weighted by Gasteiger charge is -1.91. The van der Waals surface area contributed by atoms with Gasteiger partial charge < -0.3 is 4.79 Å². The van der Waals surface area contributed by atoms with Gasteiger partial charge in [-0.2, -0.15) is 0 Å². The first-order valence-electron chi connectivity index (χ1n) is 3.68. The molecule has 0 amide bonds. The molecule has 1 nitrogen and oxygen atoms in total. The molecule has 0 fully saturated rings. The highest BCUT2D eigenvalue weighted by Gasteiger charge is 1.88. The van der Waals surface area contributed by atoms with Crippen molar-refractivity contribution in [2.24, 2.45) is 0 Å². The lowest BCUT2D eigenvalue weighted by Crippen LogP contribution is -1.75. The van der Waals surface area contributed by atoms with Crippen molar-refractivity contribution in [3.63, 3.8) is 0 Å². The lowest BCUT2D eigenvalue weighted by atomic mass is 10.2. The molecule has 0 aliphatic rings. The first kappa shape index (κ1) is 8.65. The van der Waals surface area contributed by atoms with Gasteiger partial charge in [-0.15, -0.1) is 0 Å². The fourth-order valence-electron chi connectivity index (χ4n) is 0.870. The minimum Gasteiger partial charge on any atom is -0.303 e. The Morgan fingerprint density at radius 1 is 1.42 bits per heavy atom. The Morgan fingerprint density at radius 2 is 2.25 bits per heavy atom. The largest absolute Gasteiger partial charge is 0.303 e. The van der Waals surface area contributed by atoms with E-state index in [1.807, 2.05) is 0 Å². The van der Waals surface area contributed by atoms with Crippen molar-refractivity contribution in [2.75, 3.05) is 0 Å². The molecule has 0 unspecified atom stereocenters. The van der Waals surface area contributed by atoms with E-state index in [2.05, 4.69) is 0 Å². The first-order chi connectivity index (χ1) is 5.83. The van der Waals surface area contributed by atoms with E-state index in [-0.39, 0.29) is 5.82 Å². The smallest absolute Gasteiger partial charge is 0.123 e. The highest BCUT2D eigenvalue weighted by Crippen LogP contribution is 2.05. The third-order valence-electron chi connectivity index (χ3n) is 1.39. The molecule has 0 atom stereocenters. The van der Waals surface area contributed by atoms with Gasteiger partial charge in [-0.1, -0.05) is 24.3 Å². The average molecular weight is 164 g/mol. The monoisotopic (exact) mass is 164 g/mol. The van der Waals surface area contributed by atoms with Crippen LogP contribution >= 0.6 is 0 Å². The molecule has 0 bridgehead atoms. The molecule has 62 valence electrons. The molecule has 1 aromatic carbocycles. The maximum Gasteiger partial charge on any atom is 0.123 e. The molecular weight excluding hydrogens is 155 g/mol. The fourth-order valence-corrected chi connectivity index (χ4v) is 0.870. The lowest BCUT2D eigenvalue weighted by molar-refractivity contribution is -0.107. The normalized spacial score (nSPS) is 10.4. The standard InChI is InChI=1S/C10H9FO/c11-10-6-3-5-9(8-10)4-1-2-7-12/h1,3-8H,2H2. The number of allylic oxidation sites excluding steroid dienone is 1. The summed E-state index contributed by atoms with van der Waals surface area (Å²) in [6.07, 6.45) is 4.59. The molecule has 1 rings (SSSR count). The highest BCUT2D eigenvalue weighted by atomic mass is 19.1. The second-order valence-corrected chi connectivity index (χ2v) is 2.36. The third-order valence-corrected chi connectivity index (χ3v) is 1.39. The molecule has 0 aliphatic heterocycles. The Bertz CT molecular complexity index is 292. The topological polar surface area (TPSA) is 17.1 Å². The van der Waals surface area contributed by atoms with E-state index in [1.54, 1.807) is 24.3 Å². The number of hydrogen-bond donors (Lipinski definition) is 0.